The van der Waals surface area contributed by atoms with E-state index >= 15 is 0 Å². The Bertz CT molecular complexity index is 1390. The highest BCUT2D eigenvalue weighted by Gasteiger charge is 2.15. The van der Waals surface area contributed by atoms with Crippen LogP contribution >= 0.6 is 0 Å². The number of halogens is 1. The molecule has 0 radical (unpaired) electrons. The van der Waals surface area contributed by atoms with Crippen LogP contribution in [0.3, 0.4) is 0 Å². The number of aromatic nitrogens is 1. The van der Waals surface area contributed by atoms with Gasteiger partial charge in [0.15, 0.2) is 0 Å². The number of fused-ring (bicyclic) bond motifs is 1. The third-order valence-corrected chi connectivity index (χ3v) is 6.63. The van der Waals surface area contributed by atoms with E-state index in [1.165, 1.54) is 24.9 Å². The quantitative estimate of drug-likeness (QED) is 0.441. The minimum atomic E-state index is -0.400. The van der Waals surface area contributed by atoms with Gasteiger partial charge < -0.3 is 24.4 Å². The van der Waals surface area contributed by atoms with Crippen molar-refractivity contribution >= 4 is 28.0 Å². The van der Waals surface area contributed by atoms with Crippen LogP contribution in [0.15, 0.2) is 77.6 Å². The Morgan fingerprint density at radius 2 is 1.63 bits per heavy atom. The molecule has 1 N–H and O–H groups in total. The number of likely N-dealkylation sites (N-methyl/N-ethyl adjacent to an activating group) is 1. The molecule has 6 nitrogen and oxygen atoms in total. The molecule has 0 aliphatic carbocycles. The van der Waals surface area contributed by atoms with Crippen molar-refractivity contribution in [1.82, 2.24) is 9.47 Å². The highest BCUT2D eigenvalue weighted by molar-refractivity contribution is 5.84. The van der Waals surface area contributed by atoms with Gasteiger partial charge in [-0.15, -0.1) is 0 Å². The highest BCUT2D eigenvalue weighted by Crippen LogP contribution is 2.27. The van der Waals surface area contributed by atoms with Crippen LogP contribution < -0.4 is 20.5 Å². The normalized spacial score (nSPS) is 14.3. The van der Waals surface area contributed by atoms with Gasteiger partial charge in [0.05, 0.1) is 19.2 Å². The molecule has 3 aromatic carbocycles. The van der Waals surface area contributed by atoms with E-state index < -0.39 is 5.82 Å². The zero-order chi connectivity index (χ0) is 24.4. The van der Waals surface area contributed by atoms with Crippen molar-refractivity contribution in [1.29, 1.82) is 0 Å². The van der Waals surface area contributed by atoms with Gasteiger partial charge >= 0.3 is 0 Å². The Labute approximate surface area is 204 Å². The second-order valence-corrected chi connectivity index (χ2v) is 8.91. The molecule has 0 saturated carbocycles. The van der Waals surface area contributed by atoms with Crippen molar-refractivity contribution in [3.05, 3.63) is 94.5 Å². The third-order valence-electron chi connectivity index (χ3n) is 6.63. The Morgan fingerprint density at radius 1 is 0.914 bits per heavy atom. The predicted octanol–water partition coefficient (Wildman–Crippen LogP) is 4.69. The minimum Gasteiger partial charge on any atom is -0.496 e. The first-order valence-corrected chi connectivity index (χ1v) is 11.8. The first kappa shape index (κ1) is 22.9. The van der Waals surface area contributed by atoms with E-state index in [4.69, 9.17) is 4.74 Å². The van der Waals surface area contributed by atoms with Crippen molar-refractivity contribution in [3.8, 4) is 5.75 Å². The average molecular weight is 473 g/mol. The van der Waals surface area contributed by atoms with Crippen LogP contribution in [-0.2, 0) is 6.54 Å². The maximum atomic E-state index is 14.6. The van der Waals surface area contributed by atoms with Crippen LogP contribution in [0.5, 0.6) is 5.75 Å². The second kappa shape index (κ2) is 9.80. The smallest absolute Gasteiger partial charge is 0.251 e. The highest BCUT2D eigenvalue weighted by atomic mass is 19.1. The molecule has 2 heterocycles. The summed E-state index contributed by atoms with van der Waals surface area (Å²) in [5, 5.41) is 4.34. The Kier molecular flexibility index (Phi) is 6.42. The lowest BCUT2D eigenvalue weighted by Crippen LogP contribution is -2.44. The zero-order valence-electron chi connectivity index (χ0n) is 20.0. The largest absolute Gasteiger partial charge is 0.496 e. The number of hydrogen-bond acceptors (Lipinski definition) is 5. The summed E-state index contributed by atoms with van der Waals surface area (Å²) < 4.78 is 21.5. The number of ether oxygens (including phenoxy) is 1. The molecule has 1 aliphatic heterocycles. The average Bonchev–Trinajstić information content (AvgIpc) is 2.87. The maximum absolute atomic E-state index is 14.6. The molecule has 1 aliphatic rings. The van der Waals surface area contributed by atoms with E-state index in [1.807, 2.05) is 18.2 Å². The molecular weight excluding hydrogens is 443 g/mol. The Morgan fingerprint density at radius 3 is 2.37 bits per heavy atom. The summed E-state index contributed by atoms with van der Waals surface area (Å²) in [6.07, 6.45) is 0. The van der Waals surface area contributed by atoms with Crippen LogP contribution in [0.2, 0.25) is 0 Å². The van der Waals surface area contributed by atoms with Crippen molar-refractivity contribution < 1.29 is 9.13 Å². The number of anilines is 3. The molecule has 1 aromatic heterocycles. The Hall–Kier alpha value is -3.84. The molecule has 7 heteroatoms. The number of benzene rings is 3. The van der Waals surface area contributed by atoms with Crippen LogP contribution in [0.25, 0.3) is 10.9 Å². The maximum Gasteiger partial charge on any atom is 0.251 e. The van der Waals surface area contributed by atoms with Gasteiger partial charge in [0.25, 0.3) is 5.56 Å². The summed E-state index contributed by atoms with van der Waals surface area (Å²) in [5.74, 6) is 0.0200. The number of methoxy groups -OCH3 is 1. The minimum absolute atomic E-state index is 0.0786. The zero-order valence-corrected chi connectivity index (χ0v) is 20.0. The fourth-order valence-electron chi connectivity index (χ4n) is 4.56. The molecule has 5 rings (SSSR count). The molecule has 1 saturated heterocycles. The number of rotatable bonds is 6. The summed E-state index contributed by atoms with van der Waals surface area (Å²) in [5.41, 5.74) is 3.91. The molecular formula is C28H29FN4O2. The van der Waals surface area contributed by atoms with Crippen LogP contribution in [-0.4, -0.2) is 49.8 Å². The lowest BCUT2D eigenvalue weighted by atomic mass is 10.1. The van der Waals surface area contributed by atoms with E-state index in [0.29, 0.717) is 11.3 Å². The summed E-state index contributed by atoms with van der Waals surface area (Å²) in [6.45, 7) is 4.26. The molecule has 0 spiro atoms. The van der Waals surface area contributed by atoms with Crippen molar-refractivity contribution in [3.63, 3.8) is 0 Å². The summed E-state index contributed by atoms with van der Waals surface area (Å²) >= 11 is 0. The fourth-order valence-corrected chi connectivity index (χ4v) is 4.56. The molecule has 180 valence electrons. The van der Waals surface area contributed by atoms with E-state index in [-0.39, 0.29) is 12.1 Å². The topological polar surface area (TPSA) is 49.7 Å². The lowest BCUT2D eigenvalue weighted by Gasteiger charge is -2.34. The van der Waals surface area contributed by atoms with Gasteiger partial charge in [0, 0.05) is 54.9 Å². The Balaban J connectivity index is 1.42. The van der Waals surface area contributed by atoms with Crippen molar-refractivity contribution in [2.45, 2.75) is 6.54 Å². The molecule has 35 heavy (non-hydrogen) atoms. The van der Waals surface area contributed by atoms with E-state index in [2.05, 4.69) is 46.4 Å². The number of nitrogens with one attached hydrogen (secondary N) is 1. The first-order chi connectivity index (χ1) is 17.0. The van der Waals surface area contributed by atoms with Crippen LogP contribution in [0.1, 0.15) is 5.56 Å². The molecule has 0 bridgehead atoms. The standard InChI is InChI=1S/C28H29FN4O2/c1-31-14-16-32(17-15-31)23-11-9-21(10-12-23)30-22-8-6-20-7-13-28(34)33(26(20)18-22)19-24-25(29)4-3-5-27(24)35-2/h3-13,18,30H,14-17,19H2,1-2H3. The second-order valence-electron chi connectivity index (χ2n) is 8.91. The van der Waals surface area contributed by atoms with Gasteiger partial charge in [-0.05, 0) is 67.0 Å². The number of hydrogen-bond donors (Lipinski definition) is 1. The van der Waals surface area contributed by atoms with Gasteiger partial charge in [-0.25, -0.2) is 4.39 Å². The monoisotopic (exact) mass is 472 g/mol. The SMILES string of the molecule is COc1cccc(F)c1Cn1c(=O)ccc2ccc(Nc3ccc(N4CCN(C)CC4)cc3)cc21. The van der Waals surface area contributed by atoms with Crippen molar-refractivity contribution in [2.24, 2.45) is 0 Å². The van der Waals surface area contributed by atoms with Gasteiger partial charge in [-0.1, -0.05) is 12.1 Å². The van der Waals surface area contributed by atoms with Crippen molar-refractivity contribution in [2.75, 3.05) is 50.6 Å². The van der Waals surface area contributed by atoms with Gasteiger partial charge in [-0.2, -0.15) is 0 Å². The lowest BCUT2D eigenvalue weighted by molar-refractivity contribution is 0.313. The fraction of sp³-hybridized carbons (Fsp3) is 0.250. The summed E-state index contributed by atoms with van der Waals surface area (Å²) in [4.78, 5) is 17.5. The van der Waals surface area contributed by atoms with E-state index in [1.54, 1.807) is 22.8 Å². The van der Waals surface area contributed by atoms with E-state index in [9.17, 15) is 9.18 Å². The number of piperazine rings is 1. The van der Waals surface area contributed by atoms with E-state index in [0.717, 1.165) is 48.5 Å². The third kappa shape index (κ3) is 4.86. The molecule has 1 fully saturated rings. The van der Waals surface area contributed by atoms with Gasteiger partial charge in [-0.3, -0.25) is 4.79 Å². The molecule has 4 aromatic rings. The van der Waals surface area contributed by atoms with Crippen LogP contribution in [0.4, 0.5) is 21.5 Å². The van der Waals surface area contributed by atoms with Crippen LogP contribution in [0, 0.1) is 5.82 Å². The van der Waals surface area contributed by atoms with Gasteiger partial charge in [0.1, 0.15) is 11.6 Å². The summed E-state index contributed by atoms with van der Waals surface area (Å²) in [7, 11) is 3.65. The molecule has 0 atom stereocenters. The molecule has 0 amide bonds. The summed E-state index contributed by atoms with van der Waals surface area (Å²) in [6, 6.07) is 22.3. The first-order valence-electron chi connectivity index (χ1n) is 11.8. The van der Waals surface area contributed by atoms with Gasteiger partial charge in [0.2, 0.25) is 0 Å². The number of nitrogens with zero attached hydrogens (tertiary/aromatic N) is 3. The molecule has 0 unspecified atom stereocenters. The number of pyridine rings is 1. The predicted molar refractivity (Wildman–Crippen MR) is 140 cm³/mol.